The average Bonchev–Trinajstić information content (AvgIpc) is 2.66. The number of hydrogen-bond donors (Lipinski definition) is 1. The summed E-state index contributed by atoms with van der Waals surface area (Å²) in [5.74, 6) is 0.153. The van der Waals surface area contributed by atoms with Crippen molar-refractivity contribution < 1.29 is 24.0 Å². The van der Waals surface area contributed by atoms with Crippen LogP contribution in [0.3, 0.4) is 0 Å². The van der Waals surface area contributed by atoms with Crippen LogP contribution in [0.4, 0.5) is 11.4 Å². The molecule has 0 fully saturated rings. The zero-order valence-electron chi connectivity index (χ0n) is 14.9. The highest BCUT2D eigenvalue weighted by molar-refractivity contribution is 5.94. The first-order chi connectivity index (χ1) is 12.9. The van der Waals surface area contributed by atoms with Crippen molar-refractivity contribution in [3.05, 3.63) is 58.6 Å². The van der Waals surface area contributed by atoms with Gasteiger partial charge in [0.05, 0.1) is 18.6 Å². The number of nitrogens with zero attached hydrogens (tertiary/aromatic N) is 2. The lowest BCUT2D eigenvalue weighted by Gasteiger charge is -2.17. The number of nitro benzene ring substituents is 1. The Kier molecular flexibility index (Phi) is 6.70. The van der Waals surface area contributed by atoms with Crippen molar-refractivity contribution in [3.63, 3.8) is 0 Å². The van der Waals surface area contributed by atoms with Gasteiger partial charge in [-0.3, -0.25) is 19.7 Å². The lowest BCUT2D eigenvalue weighted by molar-refractivity contribution is -0.384. The summed E-state index contributed by atoms with van der Waals surface area (Å²) in [4.78, 5) is 35.4. The largest absolute Gasteiger partial charge is 0.497 e. The summed E-state index contributed by atoms with van der Waals surface area (Å²) in [7, 11) is 3.00. The van der Waals surface area contributed by atoms with E-state index in [1.54, 1.807) is 24.3 Å². The number of nitro groups is 1. The molecule has 142 valence electrons. The molecule has 0 bridgehead atoms. The van der Waals surface area contributed by atoms with E-state index in [2.05, 4.69) is 5.32 Å². The summed E-state index contributed by atoms with van der Waals surface area (Å²) < 4.78 is 10.4. The highest BCUT2D eigenvalue weighted by Gasteiger charge is 2.14. The highest BCUT2D eigenvalue weighted by atomic mass is 16.6. The minimum atomic E-state index is -0.524. The molecule has 2 rings (SSSR count). The van der Waals surface area contributed by atoms with Crippen molar-refractivity contribution in [1.82, 2.24) is 4.90 Å². The van der Waals surface area contributed by atoms with Crippen molar-refractivity contribution in [2.24, 2.45) is 0 Å². The van der Waals surface area contributed by atoms with E-state index in [1.165, 1.54) is 43.3 Å². The lowest BCUT2D eigenvalue weighted by atomic mass is 10.3. The molecular weight excluding hydrogens is 354 g/mol. The van der Waals surface area contributed by atoms with Crippen LogP contribution < -0.4 is 14.8 Å². The number of carbonyl (C=O) groups excluding carboxylic acids is 2. The molecule has 0 spiro atoms. The third-order valence-electron chi connectivity index (χ3n) is 3.57. The second kappa shape index (κ2) is 9.18. The zero-order chi connectivity index (χ0) is 19.8. The molecule has 9 nitrogen and oxygen atoms in total. The molecule has 2 amide bonds. The summed E-state index contributed by atoms with van der Waals surface area (Å²) in [5.41, 5.74) is 0.488. The van der Waals surface area contributed by atoms with E-state index in [0.29, 0.717) is 17.2 Å². The van der Waals surface area contributed by atoms with E-state index < -0.39 is 10.8 Å². The van der Waals surface area contributed by atoms with Crippen molar-refractivity contribution >= 4 is 23.2 Å². The fraction of sp³-hybridized carbons (Fsp3) is 0.222. The van der Waals surface area contributed by atoms with Gasteiger partial charge in [0, 0.05) is 30.9 Å². The number of methoxy groups -OCH3 is 1. The molecule has 2 aromatic carbocycles. The fourth-order valence-corrected chi connectivity index (χ4v) is 2.12. The fourth-order valence-electron chi connectivity index (χ4n) is 2.12. The summed E-state index contributed by atoms with van der Waals surface area (Å²) in [5, 5.41) is 13.3. The predicted octanol–water partition coefficient (Wildman–Crippen LogP) is 2.08. The van der Waals surface area contributed by atoms with E-state index in [-0.39, 0.29) is 24.7 Å². The molecule has 0 radical (unpaired) electrons. The Labute approximate surface area is 155 Å². The van der Waals surface area contributed by atoms with E-state index in [9.17, 15) is 19.7 Å². The van der Waals surface area contributed by atoms with Gasteiger partial charge in [-0.1, -0.05) is 6.07 Å². The Morgan fingerprint density at radius 1 is 1.15 bits per heavy atom. The Hall–Kier alpha value is -3.62. The van der Waals surface area contributed by atoms with Crippen LogP contribution in [0.5, 0.6) is 11.5 Å². The molecule has 2 aromatic rings. The summed E-state index contributed by atoms with van der Waals surface area (Å²) >= 11 is 0. The van der Waals surface area contributed by atoms with Gasteiger partial charge >= 0.3 is 0 Å². The van der Waals surface area contributed by atoms with Crippen LogP contribution in [0.25, 0.3) is 0 Å². The van der Waals surface area contributed by atoms with Crippen molar-refractivity contribution in [1.29, 1.82) is 0 Å². The zero-order valence-corrected chi connectivity index (χ0v) is 14.9. The second-order valence-corrected chi connectivity index (χ2v) is 5.57. The minimum Gasteiger partial charge on any atom is -0.497 e. The average molecular weight is 373 g/mol. The van der Waals surface area contributed by atoms with E-state index in [1.807, 2.05) is 0 Å². The Morgan fingerprint density at radius 2 is 1.85 bits per heavy atom. The molecule has 0 aliphatic heterocycles. The number of carbonyl (C=O) groups is 2. The van der Waals surface area contributed by atoms with E-state index >= 15 is 0 Å². The van der Waals surface area contributed by atoms with Crippen molar-refractivity contribution in [2.75, 3.05) is 32.6 Å². The number of hydrogen-bond acceptors (Lipinski definition) is 6. The summed E-state index contributed by atoms with van der Waals surface area (Å²) in [6.45, 7) is -0.444. The maximum absolute atomic E-state index is 12.1. The van der Waals surface area contributed by atoms with Gasteiger partial charge in [-0.05, 0) is 24.3 Å². The number of nitrogens with one attached hydrogen (secondary N) is 1. The van der Waals surface area contributed by atoms with Crippen LogP contribution in [0.15, 0.2) is 48.5 Å². The van der Waals surface area contributed by atoms with Crippen LogP contribution in [0.2, 0.25) is 0 Å². The highest BCUT2D eigenvalue weighted by Crippen LogP contribution is 2.18. The molecule has 0 saturated carbocycles. The number of amides is 2. The summed E-state index contributed by atoms with van der Waals surface area (Å²) in [6, 6.07) is 12.2. The summed E-state index contributed by atoms with van der Waals surface area (Å²) in [6.07, 6.45) is 0. The predicted molar refractivity (Wildman–Crippen MR) is 97.9 cm³/mol. The van der Waals surface area contributed by atoms with Crippen LogP contribution in [0, 0.1) is 10.1 Å². The Balaban J connectivity index is 1.81. The number of ether oxygens (including phenoxy) is 2. The Morgan fingerprint density at radius 3 is 2.48 bits per heavy atom. The first-order valence-electron chi connectivity index (χ1n) is 7.94. The SMILES string of the molecule is COc1cccc(NC(=O)CN(C)C(=O)COc2ccc([N+](=O)[O-])cc2)c1. The molecule has 0 unspecified atom stereocenters. The Bertz CT molecular complexity index is 822. The topological polar surface area (TPSA) is 111 Å². The number of anilines is 1. The maximum Gasteiger partial charge on any atom is 0.269 e. The third kappa shape index (κ3) is 5.99. The molecule has 0 heterocycles. The molecule has 9 heteroatoms. The quantitative estimate of drug-likeness (QED) is 0.560. The van der Waals surface area contributed by atoms with Crippen LogP contribution in [0.1, 0.15) is 0 Å². The van der Waals surface area contributed by atoms with Crippen LogP contribution >= 0.6 is 0 Å². The molecule has 0 saturated heterocycles. The number of likely N-dealkylation sites (N-methyl/N-ethyl adjacent to an activating group) is 1. The van der Waals surface area contributed by atoms with Gasteiger partial charge in [0.25, 0.3) is 11.6 Å². The second-order valence-electron chi connectivity index (χ2n) is 5.57. The van der Waals surface area contributed by atoms with Gasteiger partial charge in [-0.25, -0.2) is 0 Å². The molecule has 0 aliphatic rings. The molecule has 0 aliphatic carbocycles. The third-order valence-corrected chi connectivity index (χ3v) is 3.57. The van der Waals surface area contributed by atoms with Crippen LogP contribution in [-0.2, 0) is 9.59 Å². The van der Waals surface area contributed by atoms with E-state index in [4.69, 9.17) is 9.47 Å². The van der Waals surface area contributed by atoms with Gasteiger partial charge < -0.3 is 19.7 Å². The van der Waals surface area contributed by atoms with Crippen molar-refractivity contribution in [2.45, 2.75) is 0 Å². The van der Waals surface area contributed by atoms with Gasteiger partial charge in [-0.2, -0.15) is 0 Å². The maximum atomic E-state index is 12.1. The van der Waals surface area contributed by atoms with Gasteiger partial charge in [0.2, 0.25) is 5.91 Å². The number of non-ortho nitro benzene ring substituents is 1. The minimum absolute atomic E-state index is 0.0694. The first kappa shape index (κ1) is 19.7. The van der Waals surface area contributed by atoms with Gasteiger partial charge in [0.15, 0.2) is 6.61 Å². The normalized spacial score (nSPS) is 10.0. The lowest BCUT2D eigenvalue weighted by Crippen LogP contribution is -2.37. The first-order valence-corrected chi connectivity index (χ1v) is 7.94. The van der Waals surface area contributed by atoms with E-state index in [0.717, 1.165) is 0 Å². The molecular formula is C18H19N3O6. The van der Waals surface area contributed by atoms with Gasteiger partial charge in [-0.15, -0.1) is 0 Å². The standard InChI is InChI=1S/C18H19N3O6/c1-20(11-17(22)19-13-4-3-5-16(10-13)26-2)18(23)12-27-15-8-6-14(7-9-15)21(24)25/h3-10H,11-12H2,1-2H3,(H,19,22). The van der Waals surface area contributed by atoms with Crippen molar-refractivity contribution in [3.8, 4) is 11.5 Å². The molecule has 27 heavy (non-hydrogen) atoms. The molecule has 1 N–H and O–H groups in total. The monoisotopic (exact) mass is 373 g/mol. The smallest absolute Gasteiger partial charge is 0.269 e. The van der Waals surface area contributed by atoms with Gasteiger partial charge in [0.1, 0.15) is 11.5 Å². The van der Waals surface area contributed by atoms with Crippen LogP contribution in [-0.4, -0.2) is 48.9 Å². The molecule has 0 atom stereocenters. The number of benzene rings is 2. The number of rotatable bonds is 8. The molecule has 0 aromatic heterocycles.